The molecule has 8 heteroatoms. The van der Waals surface area contributed by atoms with Gasteiger partial charge in [-0.1, -0.05) is 0 Å². The maximum atomic E-state index is 11.7. The maximum absolute atomic E-state index is 11.7. The van der Waals surface area contributed by atoms with Gasteiger partial charge >= 0.3 is 11.9 Å². The number of amides is 1. The fourth-order valence-corrected chi connectivity index (χ4v) is 1.45. The van der Waals surface area contributed by atoms with Gasteiger partial charge in [0.25, 0.3) is 6.47 Å². The monoisotopic (exact) mass is 303 g/mol. The molecule has 0 aromatic carbocycles. The molecule has 1 N–H and O–H groups in total. The van der Waals surface area contributed by atoms with Crippen LogP contribution in [0.2, 0.25) is 0 Å². The predicted molar refractivity (Wildman–Crippen MR) is 71.1 cm³/mol. The fourth-order valence-electron chi connectivity index (χ4n) is 1.45. The highest BCUT2D eigenvalue weighted by Gasteiger charge is 2.23. The van der Waals surface area contributed by atoms with Gasteiger partial charge in [-0.05, 0) is 20.3 Å². The Bertz CT molecular complexity index is 356. The van der Waals surface area contributed by atoms with Crippen molar-refractivity contribution in [2.75, 3.05) is 19.8 Å². The van der Waals surface area contributed by atoms with Crippen LogP contribution in [0, 0.1) is 0 Å². The molecule has 0 aromatic heterocycles. The topological polar surface area (TPSA) is 108 Å². The molecule has 0 aliphatic heterocycles. The van der Waals surface area contributed by atoms with E-state index in [1.807, 2.05) is 0 Å². The number of carbonyl (C=O) groups excluding carboxylic acids is 4. The summed E-state index contributed by atoms with van der Waals surface area (Å²) in [7, 11) is 0. The minimum absolute atomic E-state index is 0.0115. The third-order valence-corrected chi connectivity index (χ3v) is 2.36. The molecule has 0 saturated heterocycles. The van der Waals surface area contributed by atoms with E-state index in [1.54, 1.807) is 13.8 Å². The highest BCUT2D eigenvalue weighted by molar-refractivity contribution is 5.85. The summed E-state index contributed by atoms with van der Waals surface area (Å²) in [5.74, 6) is -1.55. The normalized spacial score (nSPS) is 11.1. The molecule has 1 amide bonds. The summed E-state index contributed by atoms with van der Waals surface area (Å²) in [6, 6.07) is -0.932. The van der Waals surface area contributed by atoms with E-state index in [9.17, 15) is 19.2 Å². The highest BCUT2D eigenvalue weighted by Crippen LogP contribution is 2.03. The first-order valence-corrected chi connectivity index (χ1v) is 6.71. The predicted octanol–water partition coefficient (Wildman–Crippen LogP) is -0.0593. The molecule has 120 valence electrons. The second-order valence-corrected chi connectivity index (χ2v) is 3.93. The molecule has 0 aliphatic rings. The molecule has 0 bridgehead atoms. The van der Waals surface area contributed by atoms with Crippen LogP contribution >= 0.6 is 0 Å². The lowest BCUT2D eigenvalue weighted by molar-refractivity contribution is -0.149. The molecule has 21 heavy (non-hydrogen) atoms. The van der Waals surface area contributed by atoms with E-state index in [4.69, 9.17) is 9.47 Å². The number of hydrogen-bond acceptors (Lipinski definition) is 7. The van der Waals surface area contributed by atoms with Gasteiger partial charge in [0.15, 0.2) is 0 Å². The van der Waals surface area contributed by atoms with Gasteiger partial charge in [0.05, 0.1) is 26.2 Å². The molecule has 1 unspecified atom stereocenters. The molecule has 0 rings (SSSR count). The van der Waals surface area contributed by atoms with Gasteiger partial charge in [-0.2, -0.15) is 0 Å². The van der Waals surface area contributed by atoms with E-state index in [1.165, 1.54) is 0 Å². The summed E-state index contributed by atoms with van der Waals surface area (Å²) in [6.45, 7) is 3.88. The molecular formula is C13H21NO7. The number of rotatable bonds is 11. The Morgan fingerprint density at radius 2 is 1.76 bits per heavy atom. The Morgan fingerprint density at radius 1 is 1.10 bits per heavy atom. The zero-order valence-electron chi connectivity index (χ0n) is 12.3. The van der Waals surface area contributed by atoms with Crippen LogP contribution in [0.3, 0.4) is 0 Å². The molecule has 0 heterocycles. The molecule has 0 fully saturated rings. The second kappa shape index (κ2) is 11.7. The summed E-state index contributed by atoms with van der Waals surface area (Å²) in [5.41, 5.74) is 0. The quantitative estimate of drug-likeness (QED) is 0.246. The fraction of sp³-hybridized carbons (Fsp3) is 0.692. The van der Waals surface area contributed by atoms with Crippen LogP contribution in [-0.2, 0) is 33.4 Å². The summed E-state index contributed by atoms with van der Waals surface area (Å²) < 4.78 is 14.0. The van der Waals surface area contributed by atoms with Crippen molar-refractivity contribution in [2.24, 2.45) is 0 Å². The van der Waals surface area contributed by atoms with Gasteiger partial charge < -0.3 is 19.5 Å². The Morgan fingerprint density at radius 3 is 2.33 bits per heavy atom. The van der Waals surface area contributed by atoms with Crippen LogP contribution in [0.25, 0.3) is 0 Å². The van der Waals surface area contributed by atoms with Gasteiger partial charge in [-0.25, -0.2) is 4.79 Å². The molecule has 0 saturated carbocycles. The number of ether oxygens (including phenoxy) is 3. The minimum atomic E-state index is -0.932. The summed E-state index contributed by atoms with van der Waals surface area (Å²) in [4.78, 5) is 44.5. The van der Waals surface area contributed by atoms with Crippen LogP contribution in [0.15, 0.2) is 0 Å². The SMILES string of the molecule is CCOC(=O)CCC(NC(=O)CCOC=O)C(=O)OCC. The van der Waals surface area contributed by atoms with Crippen molar-refractivity contribution in [1.29, 1.82) is 0 Å². The average molecular weight is 303 g/mol. The largest absolute Gasteiger partial charge is 0.467 e. The van der Waals surface area contributed by atoms with E-state index in [2.05, 4.69) is 10.1 Å². The second-order valence-electron chi connectivity index (χ2n) is 3.93. The lowest BCUT2D eigenvalue weighted by Gasteiger charge is -2.16. The van der Waals surface area contributed by atoms with Crippen molar-refractivity contribution in [3.8, 4) is 0 Å². The summed E-state index contributed by atoms with van der Waals surface area (Å²) in [6.07, 6.45) is -0.00552. The van der Waals surface area contributed by atoms with Crippen LogP contribution in [-0.4, -0.2) is 50.2 Å². The van der Waals surface area contributed by atoms with Crippen LogP contribution in [0.1, 0.15) is 33.1 Å². The number of carbonyl (C=O) groups is 4. The molecule has 0 aromatic rings. The average Bonchev–Trinajstić information content (AvgIpc) is 2.44. The summed E-state index contributed by atoms with van der Waals surface area (Å²) in [5, 5.41) is 2.44. The third-order valence-electron chi connectivity index (χ3n) is 2.36. The maximum Gasteiger partial charge on any atom is 0.328 e. The third kappa shape index (κ3) is 9.42. The van der Waals surface area contributed by atoms with Gasteiger partial charge in [0.1, 0.15) is 6.04 Å². The smallest absolute Gasteiger partial charge is 0.328 e. The van der Waals surface area contributed by atoms with Crippen molar-refractivity contribution in [1.82, 2.24) is 5.32 Å². The zero-order chi connectivity index (χ0) is 16.1. The number of nitrogens with one attached hydrogen (secondary N) is 1. The van der Waals surface area contributed by atoms with Gasteiger partial charge in [0, 0.05) is 6.42 Å². The first-order valence-electron chi connectivity index (χ1n) is 6.71. The van der Waals surface area contributed by atoms with Gasteiger partial charge in [-0.15, -0.1) is 0 Å². The minimum Gasteiger partial charge on any atom is -0.467 e. The van der Waals surface area contributed by atoms with E-state index in [0.717, 1.165) is 0 Å². The first kappa shape index (κ1) is 18.9. The standard InChI is InChI=1S/C13H21NO7/c1-3-20-12(17)6-5-10(13(18)21-4-2)14-11(16)7-8-19-9-15/h9-10H,3-8H2,1-2H3,(H,14,16). The molecule has 0 spiro atoms. The van der Waals surface area contributed by atoms with Crippen molar-refractivity contribution in [2.45, 2.75) is 39.2 Å². The number of esters is 2. The lowest BCUT2D eigenvalue weighted by atomic mass is 10.1. The van der Waals surface area contributed by atoms with Gasteiger partial charge in [-0.3, -0.25) is 14.4 Å². The van der Waals surface area contributed by atoms with E-state index >= 15 is 0 Å². The Labute approximate surface area is 123 Å². The molecule has 0 aliphatic carbocycles. The van der Waals surface area contributed by atoms with Crippen LogP contribution in [0.4, 0.5) is 0 Å². The van der Waals surface area contributed by atoms with E-state index in [-0.39, 0.29) is 45.6 Å². The summed E-state index contributed by atoms with van der Waals surface area (Å²) >= 11 is 0. The molecular weight excluding hydrogens is 282 g/mol. The van der Waals surface area contributed by atoms with Crippen LogP contribution < -0.4 is 5.32 Å². The van der Waals surface area contributed by atoms with Crippen molar-refractivity contribution in [3.63, 3.8) is 0 Å². The lowest BCUT2D eigenvalue weighted by Crippen LogP contribution is -2.42. The molecule has 8 nitrogen and oxygen atoms in total. The molecule has 1 atom stereocenters. The number of hydrogen-bond donors (Lipinski definition) is 1. The van der Waals surface area contributed by atoms with E-state index < -0.39 is 23.9 Å². The van der Waals surface area contributed by atoms with Crippen LogP contribution in [0.5, 0.6) is 0 Å². The van der Waals surface area contributed by atoms with Crippen molar-refractivity contribution >= 4 is 24.3 Å². The highest BCUT2D eigenvalue weighted by atomic mass is 16.5. The Kier molecular flexibility index (Phi) is 10.5. The van der Waals surface area contributed by atoms with Crippen molar-refractivity contribution in [3.05, 3.63) is 0 Å². The van der Waals surface area contributed by atoms with Gasteiger partial charge in [0.2, 0.25) is 5.91 Å². The first-order chi connectivity index (χ1) is 10.0. The van der Waals surface area contributed by atoms with E-state index in [0.29, 0.717) is 0 Å². The van der Waals surface area contributed by atoms with Crippen molar-refractivity contribution < 1.29 is 33.4 Å². The Hall–Kier alpha value is -2.12. The Balaban J connectivity index is 4.37. The zero-order valence-corrected chi connectivity index (χ0v) is 12.3. The molecule has 0 radical (unpaired) electrons.